The second kappa shape index (κ2) is 6.84. The summed E-state index contributed by atoms with van der Waals surface area (Å²) in [5, 5.41) is 3.60. The Labute approximate surface area is 161 Å². The van der Waals surface area contributed by atoms with Crippen molar-refractivity contribution in [1.82, 2.24) is 9.97 Å². The zero-order chi connectivity index (χ0) is 18.3. The van der Waals surface area contributed by atoms with Gasteiger partial charge in [0.1, 0.15) is 5.69 Å². The number of H-pyrrole nitrogens is 1. The zero-order valence-electron chi connectivity index (χ0n) is 12.9. The summed E-state index contributed by atoms with van der Waals surface area (Å²) in [4.78, 5) is 31.2. The minimum absolute atomic E-state index is 0.142. The van der Waals surface area contributed by atoms with Crippen LogP contribution in [-0.4, -0.2) is 29.0 Å². The number of fused-ring (bicyclic) bond motifs is 1. The Kier molecular flexibility index (Phi) is 4.92. The Balaban J connectivity index is 1.94. The Morgan fingerprint density at radius 1 is 1.20 bits per heavy atom. The molecule has 0 aliphatic rings. The average Bonchev–Trinajstić information content (AvgIpc) is 3.11. The molecule has 0 spiro atoms. The third kappa shape index (κ3) is 3.20. The number of amides is 1. The third-order valence-corrected chi connectivity index (χ3v) is 5.86. The number of halogens is 3. The van der Waals surface area contributed by atoms with E-state index in [0.717, 1.165) is 11.3 Å². The lowest BCUT2D eigenvalue weighted by atomic mass is 10.2. The number of thiazole rings is 1. The molecule has 6 nitrogen and oxygen atoms in total. The molecule has 10 heteroatoms. The Morgan fingerprint density at radius 3 is 2.52 bits per heavy atom. The predicted octanol–water partition coefficient (Wildman–Crippen LogP) is 4.93. The number of benzene rings is 1. The average molecular weight is 419 g/mol. The van der Waals surface area contributed by atoms with Crippen LogP contribution in [0.3, 0.4) is 0 Å². The van der Waals surface area contributed by atoms with Gasteiger partial charge in [-0.25, -0.2) is 9.78 Å². The first-order valence-corrected chi connectivity index (χ1v) is 8.80. The Morgan fingerprint density at radius 2 is 1.92 bits per heavy atom. The third-order valence-electron chi connectivity index (χ3n) is 3.40. The van der Waals surface area contributed by atoms with E-state index in [1.807, 2.05) is 0 Å². The summed E-state index contributed by atoms with van der Waals surface area (Å²) in [6.45, 7) is 1.71. The molecule has 3 aromatic rings. The van der Waals surface area contributed by atoms with Crippen LogP contribution < -0.4 is 5.32 Å². The molecule has 0 radical (unpaired) electrons. The summed E-state index contributed by atoms with van der Waals surface area (Å²) < 4.78 is 5.24. The summed E-state index contributed by atoms with van der Waals surface area (Å²) in [5.41, 5.74) is 1.51. The fraction of sp³-hybridized carbons (Fsp3) is 0.133. The number of hydrogen-bond acceptors (Lipinski definition) is 5. The number of anilines is 1. The van der Waals surface area contributed by atoms with Gasteiger partial charge < -0.3 is 9.72 Å². The highest BCUT2D eigenvalue weighted by Crippen LogP contribution is 2.35. The molecule has 2 aromatic heterocycles. The summed E-state index contributed by atoms with van der Waals surface area (Å²) in [6, 6.07) is 3.15. The number of aromatic nitrogens is 2. The maximum Gasteiger partial charge on any atom is 0.339 e. The number of carbonyl (C=O) groups excluding carboxylic acids is 2. The molecule has 1 aromatic carbocycles. The van der Waals surface area contributed by atoms with E-state index in [2.05, 4.69) is 20.0 Å². The normalized spacial score (nSPS) is 10.9. The number of carbonyl (C=O) groups is 2. The van der Waals surface area contributed by atoms with E-state index >= 15 is 0 Å². The number of esters is 1. The molecule has 0 aliphatic carbocycles. The van der Waals surface area contributed by atoms with Crippen molar-refractivity contribution in [1.29, 1.82) is 0 Å². The molecule has 1 amide bonds. The van der Waals surface area contributed by atoms with Crippen molar-refractivity contribution in [3.05, 3.63) is 44.2 Å². The van der Waals surface area contributed by atoms with Crippen LogP contribution in [0.25, 0.3) is 10.2 Å². The molecule has 0 aliphatic heterocycles. The van der Waals surface area contributed by atoms with Gasteiger partial charge >= 0.3 is 5.97 Å². The van der Waals surface area contributed by atoms with Crippen molar-refractivity contribution in [2.45, 2.75) is 6.92 Å². The molecular formula is C15H10Cl3N3O3S. The van der Waals surface area contributed by atoms with Crippen molar-refractivity contribution in [2.75, 3.05) is 12.4 Å². The summed E-state index contributed by atoms with van der Waals surface area (Å²) in [6.07, 6.45) is 0. The van der Waals surface area contributed by atoms with Crippen molar-refractivity contribution < 1.29 is 14.3 Å². The second-order valence-electron chi connectivity index (χ2n) is 4.99. The number of rotatable bonds is 3. The summed E-state index contributed by atoms with van der Waals surface area (Å²) >= 11 is 19.4. The van der Waals surface area contributed by atoms with Crippen LogP contribution in [0, 0.1) is 6.92 Å². The topological polar surface area (TPSA) is 84.1 Å². The molecule has 2 heterocycles. The molecule has 130 valence electrons. The van der Waals surface area contributed by atoms with Gasteiger partial charge in [0.2, 0.25) is 0 Å². The van der Waals surface area contributed by atoms with Gasteiger partial charge in [0.25, 0.3) is 5.91 Å². The number of aryl methyl sites for hydroxylation is 1. The van der Waals surface area contributed by atoms with E-state index in [9.17, 15) is 9.59 Å². The predicted molar refractivity (Wildman–Crippen MR) is 99.5 cm³/mol. The molecule has 0 atom stereocenters. The van der Waals surface area contributed by atoms with E-state index in [-0.39, 0.29) is 21.3 Å². The highest BCUT2D eigenvalue weighted by molar-refractivity contribution is 7.23. The standard InChI is InChI=1S/C15H10Cl3N3O3S/c1-5-8(16)10(18)11(19-5)13(22)21-15-20-7-4-3-6(14(23)24-2)9(17)12(7)25-15/h3-4,19H,1-2H3,(H,20,21,22). The van der Waals surface area contributed by atoms with Crippen LogP contribution in [0.2, 0.25) is 15.1 Å². The van der Waals surface area contributed by atoms with Crippen LogP contribution in [0.5, 0.6) is 0 Å². The number of ether oxygens (including phenoxy) is 1. The van der Waals surface area contributed by atoms with E-state index < -0.39 is 11.9 Å². The maximum absolute atomic E-state index is 12.4. The monoisotopic (exact) mass is 417 g/mol. The second-order valence-corrected chi connectivity index (χ2v) is 7.13. The number of methoxy groups -OCH3 is 1. The van der Waals surface area contributed by atoms with E-state index in [0.29, 0.717) is 26.1 Å². The molecule has 0 saturated heterocycles. The van der Waals surface area contributed by atoms with Crippen LogP contribution in [0.1, 0.15) is 26.5 Å². The van der Waals surface area contributed by atoms with Gasteiger partial charge in [0, 0.05) is 5.69 Å². The van der Waals surface area contributed by atoms with E-state index in [4.69, 9.17) is 34.8 Å². The Bertz CT molecular complexity index is 1010. The molecule has 2 N–H and O–H groups in total. The van der Waals surface area contributed by atoms with Crippen molar-refractivity contribution in [3.63, 3.8) is 0 Å². The Hall–Kier alpha value is -1.80. The molecule has 0 saturated carbocycles. The minimum atomic E-state index is -0.547. The quantitative estimate of drug-likeness (QED) is 0.591. The minimum Gasteiger partial charge on any atom is -0.465 e. The smallest absolute Gasteiger partial charge is 0.339 e. The lowest BCUT2D eigenvalue weighted by molar-refractivity contribution is 0.0601. The van der Waals surface area contributed by atoms with Gasteiger partial charge in [-0.2, -0.15) is 0 Å². The fourth-order valence-corrected chi connectivity index (χ4v) is 3.84. The SMILES string of the molecule is COC(=O)c1ccc2nc(NC(=O)c3[nH]c(C)c(Cl)c3Cl)sc2c1Cl. The summed E-state index contributed by atoms with van der Waals surface area (Å²) in [7, 11) is 1.27. The van der Waals surface area contributed by atoms with E-state index in [1.165, 1.54) is 13.2 Å². The number of hydrogen-bond donors (Lipinski definition) is 2. The molecule has 0 unspecified atom stereocenters. The summed E-state index contributed by atoms with van der Waals surface area (Å²) in [5.74, 6) is -1.03. The van der Waals surface area contributed by atoms with Gasteiger partial charge in [0.15, 0.2) is 5.13 Å². The van der Waals surface area contributed by atoms with Gasteiger partial charge in [-0.05, 0) is 19.1 Å². The first-order valence-electron chi connectivity index (χ1n) is 6.85. The lowest BCUT2D eigenvalue weighted by Crippen LogP contribution is -2.12. The highest BCUT2D eigenvalue weighted by Gasteiger charge is 2.21. The molecule has 0 fully saturated rings. The number of nitrogens with zero attached hydrogens (tertiary/aromatic N) is 1. The molecular weight excluding hydrogens is 409 g/mol. The van der Waals surface area contributed by atoms with Gasteiger partial charge in [0.05, 0.1) is 38.0 Å². The molecule has 25 heavy (non-hydrogen) atoms. The van der Waals surface area contributed by atoms with Crippen LogP contribution in [0.4, 0.5) is 5.13 Å². The lowest BCUT2D eigenvalue weighted by Gasteiger charge is -2.01. The van der Waals surface area contributed by atoms with Gasteiger partial charge in [-0.3, -0.25) is 10.1 Å². The van der Waals surface area contributed by atoms with Gasteiger partial charge in [-0.1, -0.05) is 46.1 Å². The fourth-order valence-electron chi connectivity index (χ4n) is 2.17. The van der Waals surface area contributed by atoms with Crippen molar-refractivity contribution >= 4 is 73.4 Å². The first-order chi connectivity index (χ1) is 11.8. The molecule has 0 bridgehead atoms. The number of aromatic amines is 1. The maximum atomic E-state index is 12.4. The first kappa shape index (κ1) is 18.0. The van der Waals surface area contributed by atoms with Crippen molar-refractivity contribution in [2.24, 2.45) is 0 Å². The van der Waals surface area contributed by atoms with Crippen LogP contribution >= 0.6 is 46.1 Å². The highest BCUT2D eigenvalue weighted by atomic mass is 35.5. The van der Waals surface area contributed by atoms with Crippen LogP contribution in [-0.2, 0) is 4.74 Å². The molecule has 3 rings (SSSR count). The van der Waals surface area contributed by atoms with E-state index in [1.54, 1.807) is 13.0 Å². The van der Waals surface area contributed by atoms with Crippen LogP contribution in [0.15, 0.2) is 12.1 Å². The van der Waals surface area contributed by atoms with Crippen molar-refractivity contribution in [3.8, 4) is 0 Å². The number of nitrogens with one attached hydrogen (secondary N) is 2. The largest absolute Gasteiger partial charge is 0.465 e. The zero-order valence-corrected chi connectivity index (χ0v) is 16.0. The van der Waals surface area contributed by atoms with Gasteiger partial charge in [-0.15, -0.1) is 0 Å².